The highest BCUT2D eigenvalue weighted by molar-refractivity contribution is 6.01. The summed E-state index contributed by atoms with van der Waals surface area (Å²) in [4.78, 5) is 23.5. The van der Waals surface area contributed by atoms with E-state index >= 15 is 0 Å². The summed E-state index contributed by atoms with van der Waals surface area (Å²) in [5, 5.41) is 18.3. The first-order valence-corrected chi connectivity index (χ1v) is 6.73. The second-order valence-corrected chi connectivity index (χ2v) is 4.33. The van der Waals surface area contributed by atoms with Crippen molar-refractivity contribution in [1.82, 2.24) is 0 Å². The molecule has 0 N–H and O–H groups in total. The Labute approximate surface area is 139 Å². The normalized spacial score (nSPS) is 10.4. The van der Waals surface area contributed by atoms with Gasteiger partial charge in [-0.05, 0) is 5.56 Å². The molecule has 0 aliphatic rings. The van der Waals surface area contributed by atoms with Crippen LogP contribution in [0.25, 0.3) is 6.08 Å². The monoisotopic (exact) mass is 322 g/mol. The fourth-order valence-electron chi connectivity index (χ4n) is 1.73. The van der Waals surface area contributed by atoms with Crippen molar-refractivity contribution in [2.24, 2.45) is 0 Å². The van der Waals surface area contributed by atoms with Crippen LogP contribution in [0.5, 0.6) is 0 Å². The van der Waals surface area contributed by atoms with E-state index in [4.69, 9.17) is 10.5 Å². The molecule has 0 unspecified atom stereocenters. The third-order valence-corrected chi connectivity index (χ3v) is 2.89. The SMILES string of the molecule is COC(=O)/C=C(/C(=O)OC)C(/C=C/c1ccccc1)=C(C#N)C#N. The zero-order valence-corrected chi connectivity index (χ0v) is 13.1. The van der Waals surface area contributed by atoms with E-state index in [-0.39, 0.29) is 16.7 Å². The van der Waals surface area contributed by atoms with Crippen LogP contribution in [0.3, 0.4) is 0 Å². The Hall–Kier alpha value is -3.64. The van der Waals surface area contributed by atoms with Gasteiger partial charge in [0, 0.05) is 11.6 Å². The van der Waals surface area contributed by atoms with Crippen LogP contribution in [-0.2, 0) is 19.1 Å². The third kappa shape index (κ3) is 4.97. The maximum absolute atomic E-state index is 12.0. The number of allylic oxidation sites excluding steroid dienone is 2. The van der Waals surface area contributed by atoms with E-state index in [1.165, 1.54) is 6.08 Å². The number of methoxy groups -OCH3 is 2. The fourth-order valence-corrected chi connectivity index (χ4v) is 1.73. The number of carbonyl (C=O) groups is 2. The molecule has 0 heterocycles. The Balaban J connectivity index is 3.50. The van der Waals surface area contributed by atoms with Crippen molar-refractivity contribution < 1.29 is 19.1 Å². The summed E-state index contributed by atoms with van der Waals surface area (Å²) in [6.07, 6.45) is 3.89. The molecule has 6 nitrogen and oxygen atoms in total. The van der Waals surface area contributed by atoms with Crippen molar-refractivity contribution in [3.63, 3.8) is 0 Å². The summed E-state index contributed by atoms with van der Waals surface area (Å²) >= 11 is 0. The van der Waals surface area contributed by atoms with Crippen molar-refractivity contribution >= 4 is 18.0 Å². The molecule has 0 atom stereocenters. The largest absolute Gasteiger partial charge is 0.466 e. The van der Waals surface area contributed by atoms with E-state index < -0.39 is 11.9 Å². The minimum absolute atomic E-state index is 0.0268. The minimum atomic E-state index is -0.865. The maximum atomic E-state index is 12.0. The van der Waals surface area contributed by atoms with Gasteiger partial charge in [-0.25, -0.2) is 9.59 Å². The summed E-state index contributed by atoms with van der Waals surface area (Å²) in [6.45, 7) is 0. The van der Waals surface area contributed by atoms with E-state index in [9.17, 15) is 9.59 Å². The molecule has 1 aromatic carbocycles. The van der Waals surface area contributed by atoms with Crippen molar-refractivity contribution in [3.8, 4) is 12.1 Å². The van der Waals surface area contributed by atoms with Crippen LogP contribution in [0.15, 0.2) is 59.2 Å². The summed E-state index contributed by atoms with van der Waals surface area (Å²) in [5.74, 6) is -1.67. The first-order valence-electron chi connectivity index (χ1n) is 6.73. The standard InChI is InChI=1S/C18H14N2O4/c1-23-17(21)10-16(18(22)24-2)15(14(11-19)12-20)9-8-13-6-4-3-5-7-13/h3-10H,1-2H3/b9-8+,16-10+. The second-order valence-electron chi connectivity index (χ2n) is 4.33. The lowest BCUT2D eigenvalue weighted by Gasteiger charge is -2.07. The molecule has 0 radical (unpaired) electrons. The Morgan fingerprint density at radius 1 is 1.04 bits per heavy atom. The van der Waals surface area contributed by atoms with Crippen molar-refractivity contribution in [3.05, 3.63) is 64.8 Å². The number of nitrogens with zero attached hydrogens (tertiary/aromatic N) is 2. The number of ether oxygens (including phenoxy) is 2. The molecule has 0 bridgehead atoms. The van der Waals surface area contributed by atoms with Crippen LogP contribution in [0.4, 0.5) is 0 Å². The van der Waals surface area contributed by atoms with Crippen LogP contribution in [0, 0.1) is 22.7 Å². The Bertz CT molecular complexity index is 775. The van der Waals surface area contributed by atoms with Gasteiger partial charge in [-0.15, -0.1) is 0 Å². The number of nitriles is 2. The van der Waals surface area contributed by atoms with Gasteiger partial charge in [-0.2, -0.15) is 10.5 Å². The van der Waals surface area contributed by atoms with Crippen molar-refractivity contribution in [1.29, 1.82) is 10.5 Å². The van der Waals surface area contributed by atoms with E-state index in [0.29, 0.717) is 0 Å². The molecule has 6 heteroatoms. The van der Waals surface area contributed by atoms with E-state index in [0.717, 1.165) is 25.9 Å². The molecule has 120 valence electrons. The molecular formula is C18H14N2O4. The number of carbonyl (C=O) groups excluding carboxylic acids is 2. The van der Waals surface area contributed by atoms with Crippen LogP contribution in [0.1, 0.15) is 5.56 Å². The summed E-state index contributed by atoms with van der Waals surface area (Å²) < 4.78 is 9.13. The van der Waals surface area contributed by atoms with Gasteiger partial charge in [0.2, 0.25) is 0 Å². The topological polar surface area (TPSA) is 100 Å². The predicted octanol–water partition coefficient (Wildman–Crippen LogP) is 2.32. The van der Waals surface area contributed by atoms with Crippen LogP contribution in [0.2, 0.25) is 0 Å². The molecule has 1 rings (SSSR count). The van der Waals surface area contributed by atoms with Gasteiger partial charge in [-0.3, -0.25) is 0 Å². The molecule has 0 saturated heterocycles. The zero-order valence-electron chi connectivity index (χ0n) is 13.1. The first-order chi connectivity index (χ1) is 11.6. The van der Waals surface area contributed by atoms with E-state index in [1.54, 1.807) is 30.3 Å². The number of hydrogen-bond donors (Lipinski definition) is 0. The molecule has 0 aliphatic carbocycles. The van der Waals surface area contributed by atoms with Gasteiger partial charge in [0.1, 0.15) is 17.7 Å². The van der Waals surface area contributed by atoms with Gasteiger partial charge in [0.15, 0.2) is 0 Å². The van der Waals surface area contributed by atoms with E-state index in [1.807, 2.05) is 18.2 Å². The highest BCUT2D eigenvalue weighted by Gasteiger charge is 2.19. The molecule has 0 aromatic heterocycles. The average molecular weight is 322 g/mol. The zero-order chi connectivity index (χ0) is 17.9. The molecule has 24 heavy (non-hydrogen) atoms. The Kier molecular flexibility index (Phi) is 7.20. The van der Waals surface area contributed by atoms with Crippen molar-refractivity contribution in [2.75, 3.05) is 14.2 Å². The molecule has 0 fully saturated rings. The number of benzene rings is 1. The molecule has 0 saturated carbocycles. The van der Waals surface area contributed by atoms with Crippen LogP contribution < -0.4 is 0 Å². The fraction of sp³-hybridized carbons (Fsp3) is 0.111. The highest BCUT2D eigenvalue weighted by atomic mass is 16.5. The van der Waals surface area contributed by atoms with Crippen LogP contribution in [-0.4, -0.2) is 26.2 Å². The van der Waals surface area contributed by atoms with Crippen molar-refractivity contribution in [2.45, 2.75) is 0 Å². The molecule has 1 aromatic rings. The van der Waals surface area contributed by atoms with Gasteiger partial charge in [0.25, 0.3) is 0 Å². The van der Waals surface area contributed by atoms with Gasteiger partial charge in [-0.1, -0.05) is 42.5 Å². The quantitative estimate of drug-likeness (QED) is 0.357. The van der Waals surface area contributed by atoms with Gasteiger partial charge >= 0.3 is 11.9 Å². The molecule has 0 spiro atoms. The van der Waals surface area contributed by atoms with Crippen LogP contribution >= 0.6 is 0 Å². The third-order valence-electron chi connectivity index (χ3n) is 2.89. The molecule has 0 amide bonds. The summed E-state index contributed by atoms with van der Waals surface area (Å²) in [7, 11) is 2.27. The van der Waals surface area contributed by atoms with E-state index in [2.05, 4.69) is 9.47 Å². The second kappa shape index (κ2) is 9.39. The molecule has 0 aliphatic heterocycles. The lowest BCUT2D eigenvalue weighted by Crippen LogP contribution is -2.11. The highest BCUT2D eigenvalue weighted by Crippen LogP contribution is 2.20. The smallest absolute Gasteiger partial charge is 0.338 e. The predicted molar refractivity (Wildman–Crippen MR) is 85.8 cm³/mol. The Morgan fingerprint density at radius 2 is 1.67 bits per heavy atom. The lowest BCUT2D eigenvalue weighted by molar-refractivity contribution is -0.138. The minimum Gasteiger partial charge on any atom is -0.466 e. The maximum Gasteiger partial charge on any atom is 0.338 e. The number of hydrogen-bond acceptors (Lipinski definition) is 6. The van der Waals surface area contributed by atoms with Gasteiger partial charge < -0.3 is 9.47 Å². The number of esters is 2. The summed E-state index contributed by atoms with van der Waals surface area (Å²) in [5.41, 5.74) is 0.186. The molecular weight excluding hydrogens is 308 g/mol. The Morgan fingerprint density at radius 3 is 2.17 bits per heavy atom. The van der Waals surface area contributed by atoms with Gasteiger partial charge in [0.05, 0.1) is 19.8 Å². The summed E-state index contributed by atoms with van der Waals surface area (Å²) in [6, 6.07) is 12.5. The first kappa shape index (κ1) is 18.4. The lowest BCUT2D eigenvalue weighted by atomic mass is 9.99. The number of rotatable bonds is 5. The average Bonchev–Trinajstić information content (AvgIpc) is 2.63.